The van der Waals surface area contributed by atoms with Crippen LogP contribution >= 0.6 is 0 Å². The molecule has 0 fully saturated rings. The van der Waals surface area contributed by atoms with Crippen molar-refractivity contribution in [1.82, 2.24) is 0 Å². The van der Waals surface area contributed by atoms with E-state index >= 15 is 0 Å². The summed E-state index contributed by atoms with van der Waals surface area (Å²) in [5.41, 5.74) is 0. The molecule has 0 aromatic carbocycles. The van der Waals surface area contributed by atoms with Crippen LogP contribution in [0.1, 0.15) is 59.3 Å². The largest absolute Gasteiger partial charge is 0.540 e. The summed E-state index contributed by atoms with van der Waals surface area (Å²) in [6.45, 7) is 11.4. The van der Waals surface area contributed by atoms with E-state index in [-0.39, 0.29) is 6.23 Å². The second kappa shape index (κ2) is 13.9. The molecule has 130 valence electrons. The molecular formula is C16H32O5Si. The zero-order valence-corrected chi connectivity index (χ0v) is 15.4. The maximum absolute atomic E-state index is 11.4. The van der Waals surface area contributed by atoms with Gasteiger partial charge in [0.15, 0.2) is 6.23 Å². The maximum atomic E-state index is 11.4. The third-order valence-corrected chi connectivity index (χ3v) is 5.45. The minimum absolute atomic E-state index is 0.0506. The van der Waals surface area contributed by atoms with Gasteiger partial charge in [0.2, 0.25) is 0 Å². The molecule has 0 amide bonds. The van der Waals surface area contributed by atoms with Gasteiger partial charge in [0.05, 0.1) is 0 Å². The number of esters is 1. The van der Waals surface area contributed by atoms with Crippen molar-refractivity contribution in [2.75, 3.05) is 26.1 Å². The Morgan fingerprint density at radius 3 is 1.64 bits per heavy atom. The van der Waals surface area contributed by atoms with Crippen LogP contribution in [-0.4, -0.2) is 40.8 Å². The Morgan fingerprint density at radius 2 is 1.32 bits per heavy atom. The topological polar surface area (TPSA) is 54.0 Å². The molecule has 0 saturated heterocycles. The van der Waals surface area contributed by atoms with E-state index in [1.807, 2.05) is 0 Å². The van der Waals surface area contributed by atoms with Gasteiger partial charge in [-0.15, -0.1) is 0 Å². The molecule has 0 spiro atoms. The summed E-state index contributed by atoms with van der Waals surface area (Å²) in [7, 11) is -2.98. The van der Waals surface area contributed by atoms with Gasteiger partial charge in [0, 0.05) is 25.9 Å². The van der Waals surface area contributed by atoms with Crippen LogP contribution in [0.5, 0.6) is 0 Å². The van der Waals surface area contributed by atoms with Crippen molar-refractivity contribution in [3.05, 3.63) is 12.7 Å². The van der Waals surface area contributed by atoms with Crippen molar-refractivity contribution in [2.45, 2.75) is 59.3 Å². The molecular weight excluding hydrogens is 300 g/mol. The average molecular weight is 333 g/mol. The lowest BCUT2D eigenvalue weighted by Crippen LogP contribution is -2.52. The van der Waals surface area contributed by atoms with Crippen molar-refractivity contribution in [3.63, 3.8) is 0 Å². The lowest BCUT2D eigenvalue weighted by Gasteiger charge is -2.29. The molecule has 0 saturated carbocycles. The van der Waals surface area contributed by atoms with E-state index in [9.17, 15) is 4.79 Å². The van der Waals surface area contributed by atoms with Crippen molar-refractivity contribution >= 4 is 14.8 Å². The predicted molar refractivity (Wildman–Crippen MR) is 89.5 cm³/mol. The van der Waals surface area contributed by atoms with Crippen molar-refractivity contribution < 1.29 is 22.8 Å². The van der Waals surface area contributed by atoms with Crippen molar-refractivity contribution in [2.24, 2.45) is 0 Å². The Labute approximate surface area is 136 Å². The van der Waals surface area contributed by atoms with E-state index < -0.39 is 14.8 Å². The predicted octanol–water partition coefficient (Wildman–Crippen LogP) is 3.64. The number of ether oxygens (including phenoxy) is 1. The second-order valence-corrected chi connectivity index (χ2v) is 7.62. The van der Waals surface area contributed by atoms with Crippen LogP contribution in [0.4, 0.5) is 0 Å². The van der Waals surface area contributed by atoms with Crippen molar-refractivity contribution in [3.8, 4) is 0 Å². The third-order valence-electron chi connectivity index (χ3n) is 3.02. The molecule has 0 unspecified atom stereocenters. The Bertz CT molecular complexity index is 270. The highest BCUT2D eigenvalue weighted by molar-refractivity contribution is 6.60. The first-order valence-corrected chi connectivity index (χ1v) is 10.3. The highest BCUT2D eigenvalue weighted by atomic mass is 28.4. The summed E-state index contributed by atoms with van der Waals surface area (Å²) in [4.78, 5) is 11.4. The van der Waals surface area contributed by atoms with E-state index in [1.54, 1.807) is 0 Å². The molecule has 22 heavy (non-hydrogen) atoms. The molecule has 6 heteroatoms. The van der Waals surface area contributed by atoms with Gasteiger partial charge in [0.1, 0.15) is 0 Å². The zero-order valence-electron chi connectivity index (χ0n) is 14.4. The van der Waals surface area contributed by atoms with Gasteiger partial charge in [-0.3, -0.25) is 0 Å². The molecule has 0 rings (SSSR count). The normalized spacial score (nSPS) is 11.4. The van der Waals surface area contributed by atoms with Gasteiger partial charge in [0.25, 0.3) is 0 Å². The minimum Gasteiger partial charge on any atom is -0.458 e. The molecule has 5 nitrogen and oxygen atoms in total. The van der Waals surface area contributed by atoms with Gasteiger partial charge in [-0.05, 0) is 19.3 Å². The minimum atomic E-state index is -2.98. The number of carbonyl (C=O) groups is 1. The van der Waals surface area contributed by atoms with E-state index in [4.69, 9.17) is 18.0 Å². The SMILES string of the molecule is C=CC(=O)OC[Si](OCCCC)(OCCCC)OCCCC. The third kappa shape index (κ3) is 10.1. The molecule has 0 N–H and O–H groups in total. The molecule has 0 aromatic heterocycles. The van der Waals surface area contributed by atoms with Gasteiger partial charge >= 0.3 is 14.8 Å². The van der Waals surface area contributed by atoms with Crippen LogP contribution in [0, 0.1) is 0 Å². The van der Waals surface area contributed by atoms with E-state index in [0.717, 1.165) is 44.6 Å². The van der Waals surface area contributed by atoms with Crippen LogP contribution < -0.4 is 0 Å². The first-order valence-electron chi connectivity index (χ1n) is 8.35. The van der Waals surface area contributed by atoms with Crippen molar-refractivity contribution in [1.29, 1.82) is 0 Å². The fraction of sp³-hybridized carbons (Fsp3) is 0.812. The molecule has 0 atom stereocenters. The summed E-state index contributed by atoms with van der Waals surface area (Å²) >= 11 is 0. The Balaban J connectivity index is 4.74. The van der Waals surface area contributed by atoms with E-state index in [1.165, 1.54) is 0 Å². The summed E-state index contributed by atoms with van der Waals surface area (Å²) in [6.07, 6.45) is 7.07. The molecule has 0 aromatic rings. The van der Waals surface area contributed by atoms with Gasteiger partial charge < -0.3 is 18.0 Å². The molecule has 0 aliphatic rings. The van der Waals surface area contributed by atoms with Crippen LogP contribution in [0.3, 0.4) is 0 Å². The van der Waals surface area contributed by atoms with Crippen LogP contribution in [0.15, 0.2) is 12.7 Å². The van der Waals surface area contributed by atoms with Crippen LogP contribution in [0.2, 0.25) is 0 Å². The monoisotopic (exact) mass is 332 g/mol. The highest BCUT2D eigenvalue weighted by Gasteiger charge is 2.43. The number of hydrogen-bond acceptors (Lipinski definition) is 5. The number of rotatable bonds is 15. The maximum Gasteiger partial charge on any atom is 0.540 e. The fourth-order valence-corrected chi connectivity index (χ4v) is 3.77. The molecule has 0 heterocycles. The first-order chi connectivity index (χ1) is 10.6. The quantitative estimate of drug-likeness (QED) is 0.198. The first kappa shape index (κ1) is 21.3. The Kier molecular flexibility index (Phi) is 13.5. The van der Waals surface area contributed by atoms with Gasteiger partial charge in [-0.25, -0.2) is 4.79 Å². The van der Waals surface area contributed by atoms with E-state index in [2.05, 4.69) is 27.4 Å². The number of carbonyl (C=O) groups excluding carboxylic acids is 1. The lowest BCUT2D eigenvalue weighted by molar-refractivity contribution is -0.138. The standard InChI is InChI=1S/C16H32O5Si/c1-5-9-12-19-22(20-13-10-6-2,21-14-11-7-3)15-18-16(17)8-4/h8H,4-7,9-15H2,1-3H3. The van der Waals surface area contributed by atoms with Crippen LogP contribution in [0.25, 0.3) is 0 Å². The zero-order chi connectivity index (χ0) is 16.7. The molecule has 0 bridgehead atoms. The Hall–Kier alpha value is -0.693. The Morgan fingerprint density at radius 1 is 0.909 bits per heavy atom. The summed E-state index contributed by atoms with van der Waals surface area (Å²) in [5.74, 6) is -0.478. The highest BCUT2D eigenvalue weighted by Crippen LogP contribution is 2.14. The fourth-order valence-electron chi connectivity index (χ4n) is 1.58. The molecule has 0 aliphatic heterocycles. The smallest absolute Gasteiger partial charge is 0.458 e. The van der Waals surface area contributed by atoms with Gasteiger partial charge in [-0.2, -0.15) is 0 Å². The number of hydrogen-bond donors (Lipinski definition) is 0. The number of unbranched alkanes of at least 4 members (excludes halogenated alkanes) is 3. The van der Waals surface area contributed by atoms with Gasteiger partial charge in [-0.1, -0.05) is 46.6 Å². The second-order valence-electron chi connectivity index (χ2n) is 5.10. The van der Waals surface area contributed by atoms with E-state index in [0.29, 0.717) is 19.8 Å². The average Bonchev–Trinajstić information content (AvgIpc) is 2.53. The molecule has 0 aliphatic carbocycles. The summed E-state index contributed by atoms with van der Waals surface area (Å²) in [6, 6.07) is 0. The lowest BCUT2D eigenvalue weighted by atomic mass is 10.4. The van der Waals surface area contributed by atoms with Crippen LogP contribution in [-0.2, 0) is 22.8 Å². The summed E-state index contributed by atoms with van der Waals surface area (Å²) in [5, 5.41) is 0. The molecule has 0 radical (unpaired) electrons. The summed E-state index contributed by atoms with van der Waals surface area (Å²) < 4.78 is 23.0.